The van der Waals surface area contributed by atoms with E-state index in [1.807, 2.05) is 0 Å². The first-order valence-electron chi connectivity index (χ1n) is 5.72. The molecule has 1 aromatic heterocycles. The molecule has 0 radical (unpaired) electrons. The molecular formula is C15H9F2NO. The van der Waals surface area contributed by atoms with Crippen molar-refractivity contribution in [2.45, 2.75) is 0 Å². The van der Waals surface area contributed by atoms with Gasteiger partial charge < -0.3 is 4.98 Å². The van der Waals surface area contributed by atoms with Crippen LogP contribution < -0.4 is 0 Å². The van der Waals surface area contributed by atoms with Gasteiger partial charge in [0.1, 0.15) is 11.6 Å². The van der Waals surface area contributed by atoms with E-state index in [1.54, 1.807) is 6.07 Å². The van der Waals surface area contributed by atoms with Crippen LogP contribution in [-0.4, -0.2) is 10.8 Å². The van der Waals surface area contributed by atoms with Crippen molar-refractivity contribution in [1.82, 2.24) is 4.98 Å². The Kier molecular flexibility index (Phi) is 2.63. The summed E-state index contributed by atoms with van der Waals surface area (Å²) in [5.41, 5.74) is 1.21. The van der Waals surface area contributed by atoms with Crippen LogP contribution in [0.2, 0.25) is 0 Å². The summed E-state index contributed by atoms with van der Waals surface area (Å²) >= 11 is 0. The van der Waals surface area contributed by atoms with E-state index in [0.29, 0.717) is 16.5 Å². The smallest absolute Gasteiger partial charge is 0.195 e. The quantitative estimate of drug-likeness (QED) is 0.698. The van der Waals surface area contributed by atoms with Crippen LogP contribution in [-0.2, 0) is 0 Å². The summed E-state index contributed by atoms with van der Waals surface area (Å²) < 4.78 is 26.2. The second-order valence-corrected chi connectivity index (χ2v) is 4.23. The lowest BCUT2D eigenvalue weighted by Gasteiger charge is -2.00. The number of carbonyl (C=O) groups excluding carboxylic acids is 1. The molecule has 1 N–H and O–H groups in total. The van der Waals surface area contributed by atoms with Crippen molar-refractivity contribution >= 4 is 16.7 Å². The predicted octanol–water partition coefficient (Wildman–Crippen LogP) is 3.68. The zero-order valence-electron chi connectivity index (χ0n) is 9.78. The number of hydrogen-bond acceptors (Lipinski definition) is 1. The minimum absolute atomic E-state index is 0.269. The number of aromatic nitrogens is 1. The molecule has 0 aliphatic carbocycles. The average Bonchev–Trinajstić information content (AvgIpc) is 2.80. The fraction of sp³-hybridized carbons (Fsp3) is 0. The molecule has 0 aliphatic rings. The van der Waals surface area contributed by atoms with Crippen LogP contribution in [0.5, 0.6) is 0 Å². The van der Waals surface area contributed by atoms with Crippen LogP contribution in [0.3, 0.4) is 0 Å². The minimum atomic E-state index is -0.461. The standard InChI is InChI=1S/C15H9F2NO/c16-10-3-1-2-9(6-10)15(19)13-8-18-14-7-11(17)4-5-12(13)14/h1-8,18H. The summed E-state index contributed by atoms with van der Waals surface area (Å²) in [6, 6.07) is 9.64. The molecule has 1 heterocycles. The van der Waals surface area contributed by atoms with Gasteiger partial charge in [-0.2, -0.15) is 0 Å². The highest BCUT2D eigenvalue weighted by Gasteiger charge is 2.14. The van der Waals surface area contributed by atoms with Gasteiger partial charge in [-0.25, -0.2) is 8.78 Å². The van der Waals surface area contributed by atoms with Gasteiger partial charge >= 0.3 is 0 Å². The Morgan fingerprint density at radius 2 is 1.79 bits per heavy atom. The zero-order chi connectivity index (χ0) is 13.4. The Morgan fingerprint density at radius 3 is 2.58 bits per heavy atom. The van der Waals surface area contributed by atoms with Gasteiger partial charge in [0.05, 0.1) is 0 Å². The summed E-state index contributed by atoms with van der Waals surface area (Å²) in [6.07, 6.45) is 1.51. The Morgan fingerprint density at radius 1 is 1.00 bits per heavy atom. The highest BCUT2D eigenvalue weighted by Crippen LogP contribution is 2.22. The molecule has 2 aromatic carbocycles. The van der Waals surface area contributed by atoms with Gasteiger partial charge in [-0.15, -0.1) is 0 Å². The first kappa shape index (κ1) is 11.6. The lowest BCUT2D eigenvalue weighted by Crippen LogP contribution is -2.00. The number of benzene rings is 2. The highest BCUT2D eigenvalue weighted by molar-refractivity contribution is 6.16. The highest BCUT2D eigenvalue weighted by atomic mass is 19.1. The summed E-state index contributed by atoms with van der Waals surface area (Å²) in [5, 5.41) is 0.621. The average molecular weight is 257 g/mol. The third kappa shape index (κ3) is 2.01. The van der Waals surface area contributed by atoms with Gasteiger partial charge in [0, 0.05) is 28.2 Å². The molecular weight excluding hydrogens is 248 g/mol. The SMILES string of the molecule is O=C(c1cccc(F)c1)c1c[nH]c2cc(F)ccc12. The number of rotatable bonds is 2. The minimum Gasteiger partial charge on any atom is -0.360 e. The number of halogens is 2. The van der Waals surface area contributed by atoms with E-state index in [1.165, 1.54) is 42.6 Å². The number of aromatic amines is 1. The van der Waals surface area contributed by atoms with E-state index < -0.39 is 5.82 Å². The third-order valence-electron chi connectivity index (χ3n) is 2.98. The first-order chi connectivity index (χ1) is 9.15. The summed E-state index contributed by atoms with van der Waals surface area (Å²) in [6.45, 7) is 0. The molecule has 19 heavy (non-hydrogen) atoms. The van der Waals surface area contributed by atoms with Crippen molar-refractivity contribution in [2.75, 3.05) is 0 Å². The molecule has 0 aliphatic heterocycles. The third-order valence-corrected chi connectivity index (χ3v) is 2.98. The number of H-pyrrole nitrogens is 1. The van der Waals surface area contributed by atoms with Crippen molar-refractivity contribution in [3.63, 3.8) is 0 Å². The second kappa shape index (κ2) is 4.31. The van der Waals surface area contributed by atoms with E-state index in [4.69, 9.17) is 0 Å². The molecule has 3 rings (SSSR count). The molecule has 0 saturated carbocycles. The molecule has 0 fully saturated rings. The van der Waals surface area contributed by atoms with Gasteiger partial charge in [-0.05, 0) is 30.3 Å². The Balaban J connectivity index is 2.12. The molecule has 0 atom stereocenters. The molecule has 0 bridgehead atoms. The fourth-order valence-electron chi connectivity index (χ4n) is 2.07. The summed E-state index contributed by atoms with van der Waals surface area (Å²) in [4.78, 5) is 15.1. The topological polar surface area (TPSA) is 32.9 Å². The Labute approximate surface area is 107 Å². The number of hydrogen-bond donors (Lipinski definition) is 1. The van der Waals surface area contributed by atoms with Crippen molar-refractivity contribution in [2.24, 2.45) is 0 Å². The number of carbonyl (C=O) groups is 1. The van der Waals surface area contributed by atoms with Crippen LogP contribution in [0.15, 0.2) is 48.7 Å². The molecule has 4 heteroatoms. The Hall–Kier alpha value is -2.49. The van der Waals surface area contributed by atoms with Crippen LogP contribution in [0.4, 0.5) is 8.78 Å². The molecule has 0 amide bonds. The first-order valence-corrected chi connectivity index (χ1v) is 5.72. The van der Waals surface area contributed by atoms with Crippen LogP contribution in [0.25, 0.3) is 10.9 Å². The van der Waals surface area contributed by atoms with E-state index in [-0.39, 0.29) is 17.2 Å². The molecule has 94 valence electrons. The van der Waals surface area contributed by atoms with Crippen molar-refractivity contribution in [3.05, 3.63) is 71.4 Å². The Bertz CT molecular complexity index is 777. The molecule has 0 saturated heterocycles. The lowest BCUT2D eigenvalue weighted by molar-refractivity contribution is 0.104. The maximum absolute atomic E-state index is 13.1. The van der Waals surface area contributed by atoms with E-state index >= 15 is 0 Å². The molecule has 2 nitrogen and oxygen atoms in total. The lowest BCUT2D eigenvalue weighted by atomic mass is 10.0. The van der Waals surface area contributed by atoms with E-state index in [2.05, 4.69) is 4.98 Å². The number of ketones is 1. The number of nitrogens with one attached hydrogen (secondary N) is 1. The largest absolute Gasteiger partial charge is 0.360 e. The second-order valence-electron chi connectivity index (χ2n) is 4.23. The summed E-state index contributed by atoms with van der Waals surface area (Å²) in [5.74, 6) is -1.13. The van der Waals surface area contributed by atoms with Gasteiger partial charge in [-0.1, -0.05) is 12.1 Å². The number of fused-ring (bicyclic) bond motifs is 1. The van der Waals surface area contributed by atoms with Gasteiger partial charge in [0.2, 0.25) is 0 Å². The van der Waals surface area contributed by atoms with Crippen LogP contribution >= 0.6 is 0 Å². The van der Waals surface area contributed by atoms with Crippen LogP contribution in [0.1, 0.15) is 15.9 Å². The molecule has 3 aromatic rings. The van der Waals surface area contributed by atoms with Gasteiger partial charge in [-0.3, -0.25) is 4.79 Å². The maximum atomic E-state index is 13.1. The van der Waals surface area contributed by atoms with Crippen LogP contribution in [0, 0.1) is 11.6 Å². The van der Waals surface area contributed by atoms with E-state index in [0.717, 1.165) is 0 Å². The van der Waals surface area contributed by atoms with Crippen molar-refractivity contribution in [1.29, 1.82) is 0 Å². The van der Waals surface area contributed by atoms with Gasteiger partial charge in [0.25, 0.3) is 0 Å². The summed E-state index contributed by atoms with van der Waals surface area (Å²) in [7, 11) is 0. The van der Waals surface area contributed by atoms with Crippen molar-refractivity contribution in [3.8, 4) is 0 Å². The maximum Gasteiger partial charge on any atom is 0.195 e. The van der Waals surface area contributed by atoms with E-state index in [9.17, 15) is 13.6 Å². The van der Waals surface area contributed by atoms with Gasteiger partial charge in [0.15, 0.2) is 5.78 Å². The monoisotopic (exact) mass is 257 g/mol. The predicted molar refractivity (Wildman–Crippen MR) is 68.1 cm³/mol. The van der Waals surface area contributed by atoms with Crippen molar-refractivity contribution < 1.29 is 13.6 Å². The zero-order valence-corrected chi connectivity index (χ0v) is 9.78. The normalized spacial score (nSPS) is 10.8. The molecule has 0 unspecified atom stereocenters. The fourth-order valence-corrected chi connectivity index (χ4v) is 2.07. The molecule has 0 spiro atoms.